The fourth-order valence-electron chi connectivity index (χ4n) is 1.96. The van der Waals surface area contributed by atoms with Crippen LogP contribution in [0.2, 0.25) is 0 Å². The summed E-state index contributed by atoms with van der Waals surface area (Å²) in [5.74, 6) is -2.57. The molecule has 0 aliphatic carbocycles. The van der Waals surface area contributed by atoms with Gasteiger partial charge < -0.3 is 20.5 Å². The molecule has 18 heavy (non-hydrogen) atoms. The molecule has 1 rings (SSSR count). The lowest BCUT2D eigenvalue weighted by molar-refractivity contribution is -0.158. The molecule has 0 saturated carbocycles. The van der Waals surface area contributed by atoms with Crippen molar-refractivity contribution in [1.29, 1.82) is 0 Å². The number of ether oxygens (including phenoxy) is 1. The summed E-state index contributed by atoms with van der Waals surface area (Å²) in [5, 5.41) is 9.03. The quantitative estimate of drug-likeness (QED) is 0.512. The van der Waals surface area contributed by atoms with Gasteiger partial charge in [0, 0.05) is 6.54 Å². The first-order valence-corrected chi connectivity index (χ1v) is 5.94. The highest BCUT2D eigenvalue weighted by molar-refractivity contribution is 6.02. The molecule has 3 N–H and O–H groups in total. The van der Waals surface area contributed by atoms with Crippen LogP contribution in [-0.2, 0) is 19.1 Å². The molecular weight excluding hydrogens is 240 g/mol. The van der Waals surface area contributed by atoms with Gasteiger partial charge in [0.05, 0.1) is 6.61 Å². The van der Waals surface area contributed by atoms with Crippen LogP contribution in [0.1, 0.15) is 26.2 Å². The largest absolute Gasteiger partial charge is 0.480 e. The summed E-state index contributed by atoms with van der Waals surface area (Å²) in [6.07, 6.45) is 1.84. The fourth-order valence-corrected chi connectivity index (χ4v) is 1.96. The number of nitrogens with zero attached hydrogens (tertiary/aromatic N) is 1. The van der Waals surface area contributed by atoms with Crippen molar-refractivity contribution in [2.75, 3.05) is 13.2 Å². The molecule has 0 aromatic carbocycles. The molecule has 0 aromatic rings. The number of carbonyl (C=O) groups is 3. The predicted molar refractivity (Wildman–Crippen MR) is 61.6 cm³/mol. The monoisotopic (exact) mass is 258 g/mol. The average molecular weight is 258 g/mol. The molecule has 0 bridgehead atoms. The van der Waals surface area contributed by atoms with E-state index in [0.29, 0.717) is 19.4 Å². The molecule has 102 valence electrons. The lowest BCUT2D eigenvalue weighted by atomic mass is 10.0. The number of carbonyl (C=O) groups excluding carboxylic acids is 2. The molecule has 1 amide bonds. The molecule has 0 aromatic heterocycles. The normalized spacial score (nSPS) is 21.2. The molecule has 1 fully saturated rings. The zero-order valence-electron chi connectivity index (χ0n) is 10.3. The van der Waals surface area contributed by atoms with Gasteiger partial charge in [-0.2, -0.15) is 0 Å². The van der Waals surface area contributed by atoms with Gasteiger partial charge in [-0.25, -0.2) is 9.59 Å². The van der Waals surface area contributed by atoms with Gasteiger partial charge in [-0.05, 0) is 26.2 Å². The van der Waals surface area contributed by atoms with Gasteiger partial charge in [-0.3, -0.25) is 4.79 Å². The van der Waals surface area contributed by atoms with E-state index < -0.39 is 29.9 Å². The van der Waals surface area contributed by atoms with Gasteiger partial charge in [0.25, 0.3) is 5.91 Å². The third kappa shape index (κ3) is 3.19. The van der Waals surface area contributed by atoms with Crippen LogP contribution in [0.4, 0.5) is 0 Å². The van der Waals surface area contributed by atoms with Gasteiger partial charge in [0.1, 0.15) is 6.04 Å². The molecule has 0 spiro atoms. The minimum atomic E-state index is -1.44. The summed E-state index contributed by atoms with van der Waals surface area (Å²) in [5.41, 5.74) is 5.48. The Morgan fingerprint density at radius 1 is 1.44 bits per heavy atom. The molecule has 7 heteroatoms. The first-order valence-electron chi connectivity index (χ1n) is 5.94. The molecule has 1 unspecified atom stereocenters. The SMILES string of the molecule is CCOC(=O)C(N)C(=O)N1CCCC[C@H]1C(=O)O. The van der Waals surface area contributed by atoms with Gasteiger partial charge in [-0.15, -0.1) is 0 Å². The molecule has 1 aliphatic heterocycles. The summed E-state index contributed by atoms with van der Waals surface area (Å²) >= 11 is 0. The van der Waals surface area contributed by atoms with Crippen LogP contribution in [0.15, 0.2) is 0 Å². The lowest BCUT2D eigenvalue weighted by Gasteiger charge is -2.34. The molecule has 1 heterocycles. The van der Waals surface area contributed by atoms with Crippen LogP contribution in [0, 0.1) is 0 Å². The first kappa shape index (κ1) is 14.4. The number of likely N-dealkylation sites (tertiary alicyclic amines) is 1. The Labute approximate surface area is 105 Å². The number of esters is 1. The second kappa shape index (κ2) is 6.34. The fraction of sp³-hybridized carbons (Fsp3) is 0.727. The molecule has 2 atom stereocenters. The van der Waals surface area contributed by atoms with E-state index in [1.807, 2.05) is 0 Å². The zero-order chi connectivity index (χ0) is 13.7. The topological polar surface area (TPSA) is 110 Å². The molecule has 1 saturated heterocycles. The molecular formula is C11H18N2O5. The van der Waals surface area contributed by atoms with Gasteiger partial charge in [0.2, 0.25) is 0 Å². The smallest absolute Gasteiger partial charge is 0.332 e. The Morgan fingerprint density at radius 3 is 2.67 bits per heavy atom. The summed E-state index contributed by atoms with van der Waals surface area (Å²) in [6, 6.07) is -2.34. The second-order valence-electron chi connectivity index (χ2n) is 4.11. The standard InChI is InChI=1S/C11H18N2O5/c1-2-18-11(17)8(12)9(14)13-6-4-3-5-7(13)10(15)16/h7-8H,2-6,12H2,1H3,(H,15,16)/t7-,8?/m0/s1. The number of nitrogens with two attached hydrogens (primary N) is 1. The van der Waals surface area contributed by atoms with Crippen LogP contribution in [-0.4, -0.2) is 53.1 Å². The molecule has 0 radical (unpaired) electrons. The van der Waals surface area contributed by atoms with E-state index in [-0.39, 0.29) is 6.61 Å². The van der Waals surface area contributed by atoms with Crippen LogP contribution in [0.3, 0.4) is 0 Å². The van der Waals surface area contributed by atoms with Crippen molar-refractivity contribution in [1.82, 2.24) is 4.90 Å². The van der Waals surface area contributed by atoms with Crippen molar-refractivity contribution in [2.24, 2.45) is 5.73 Å². The number of aliphatic carboxylic acids is 1. The zero-order valence-corrected chi connectivity index (χ0v) is 10.3. The highest BCUT2D eigenvalue weighted by Gasteiger charge is 2.37. The minimum absolute atomic E-state index is 0.127. The van der Waals surface area contributed by atoms with E-state index in [1.54, 1.807) is 6.92 Å². The lowest BCUT2D eigenvalue weighted by Crippen LogP contribution is -2.56. The van der Waals surface area contributed by atoms with E-state index in [1.165, 1.54) is 0 Å². The Bertz CT molecular complexity index is 344. The van der Waals surface area contributed by atoms with E-state index in [4.69, 9.17) is 10.8 Å². The number of piperidine rings is 1. The highest BCUT2D eigenvalue weighted by Crippen LogP contribution is 2.18. The minimum Gasteiger partial charge on any atom is -0.480 e. The van der Waals surface area contributed by atoms with Crippen LogP contribution in [0.5, 0.6) is 0 Å². The Hall–Kier alpha value is -1.63. The Balaban J connectivity index is 2.74. The number of carboxylic acid groups (broad SMARTS) is 1. The van der Waals surface area contributed by atoms with Crippen molar-refractivity contribution in [3.05, 3.63) is 0 Å². The first-order chi connectivity index (χ1) is 8.49. The van der Waals surface area contributed by atoms with Gasteiger partial charge in [0.15, 0.2) is 6.04 Å². The predicted octanol–water partition coefficient (Wildman–Crippen LogP) is -0.657. The number of amides is 1. The van der Waals surface area contributed by atoms with Crippen molar-refractivity contribution in [2.45, 2.75) is 38.3 Å². The Kier molecular flexibility index (Phi) is 5.08. The van der Waals surface area contributed by atoms with Crippen molar-refractivity contribution in [3.8, 4) is 0 Å². The van der Waals surface area contributed by atoms with Crippen LogP contribution >= 0.6 is 0 Å². The van der Waals surface area contributed by atoms with Crippen LogP contribution < -0.4 is 5.73 Å². The highest BCUT2D eigenvalue weighted by atomic mass is 16.5. The Morgan fingerprint density at radius 2 is 2.11 bits per heavy atom. The summed E-state index contributed by atoms with van der Waals surface area (Å²) in [4.78, 5) is 35.5. The third-order valence-electron chi connectivity index (χ3n) is 2.88. The van der Waals surface area contributed by atoms with E-state index >= 15 is 0 Å². The van der Waals surface area contributed by atoms with Crippen molar-refractivity contribution >= 4 is 17.8 Å². The van der Waals surface area contributed by atoms with Crippen LogP contribution in [0.25, 0.3) is 0 Å². The summed E-state index contributed by atoms with van der Waals surface area (Å²) in [6.45, 7) is 2.04. The maximum absolute atomic E-state index is 12.0. The number of rotatable bonds is 4. The van der Waals surface area contributed by atoms with Gasteiger partial charge in [-0.1, -0.05) is 0 Å². The van der Waals surface area contributed by atoms with E-state index in [0.717, 1.165) is 11.3 Å². The number of carboxylic acids is 1. The second-order valence-corrected chi connectivity index (χ2v) is 4.11. The van der Waals surface area contributed by atoms with E-state index in [2.05, 4.69) is 4.74 Å². The molecule has 1 aliphatic rings. The maximum atomic E-state index is 12.0. The summed E-state index contributed by atoms with van der Waals surface area (Å²) in [7, 11) is 0. The average Bonchev–Trinajstić information content (AvgIpc) is 2.37. The molecule has 7 nitrogen and oxygen atoms in total. The van der Waals surface area contributed by atoms with E-state index in [9.17, 15) is 14.4 Å². The van der Waals surface area contributed by atoms with Crippen molar-refractivity contribution in [3.63, 3.8) is 0 Å². The number of hydrogen-bond donors (Lipinski definition) is 2. The third-order valence-corrected chi connectivity index (χ3v) is 2.88. The maximum Gasteiger partial charge on any atom is 0.332 e. The van der Waals surface area contributed by atoms with Gasteiger partial charge >= 0.3 is 11.9 Å². The number of hydrogen-bond acceptors (Lipinski definition) is 5. The summed E-state index contributed by atoms with van der Waals surface area (Å²) < 4.78 is 4.65. The van der Waals surface area contributed by atoms with Crippen molar-refractivity contribution < 1.29 is 24.2 Å².